The Hall–Kier alpha value is -0.910. The van der Waals surface area contributed by atoms with Gasteiger partial charge in [0, 0.05) is 6.04 Å². The smallest absolute Gasteiger partial charge is 0.234 e. The zero-order valence-corrected chi connectivity index (χ0v) is 12.8. The Kier molecular flexibility index (Phi) is 5.97. The Bertz CT molecular complexity index is 341. The van der Waals surface area contributed by atoms with Gasteiger partial charge in [-0.2, -0.15) is 11.8 Å². The van der Waals surface area contributed by atoms with E-state index in [9.17, 15) is 4.79 Å². The molecule has 0 aromatic carbocycles. The van der Waals surface area contributed by atoms with Gasteiger partial charge in [-0.15, -0.1) is 0 Å². The van der Waals surface area contributed by atoms with Crippen LogP contribution in [0.5, 0.6) is 0 Å². The summed E-state index contributed by atoms with van der Waals surface area (Å²) in [5, 5.41) is 14.9. The summed E-state index contributed by atoms with van der Waals surface area (Å²) in [7, 11) is 0. The highest BCUT2D eigenvalue weighted by atomic mass is 32.2. The minimum absolute atomic E-state index is 0.0400. The number of carbonyl (C=O) groups is 1. The monoisotopic (exact) mass is 287 g/mol. The number of hydrogen-bond acceptors (Lipinski definition) is 4. The Balaban J connectivity index is 2.55. The van der Waals surface area contributed by atoms with Gasteiger partial charge in [0.2, 0.25) is 5.91 Å². The second-order valence-corrected chi connectivity index (χ2v) is 6.83. The van der Waals surface area contributed by atoms with E-state index in [0.717, 1.165) is 17.9 Å². The molecule has 0 aromatic heterocycles. The molecular weight excluding hydrogens is 262 g/mol. The number of rotatable bonds is 7. The first-order valence-electron chi connectivity index (χ1n) is 6.83. The minimum atomic E-state index is -0.791. The van der Waals surface area contributed by atoms with E-state index < -0.39 is 5.41 Å². The summed E-state index contributed by atoms with van der Waals surface area (Å²) in [6.45, 7) is 6.19. The first-order chi connectivity index (χ1) is 8.96. The van der Waals surface area contributed by atoms with Gasteiger partial charge in [0.05, 0.1) is 0 Å². The topological polar surface area (TPSA) is 87.7 Å². The number of oxime groups is 1. The highest BCUT2D eigenvalue weighted by Crippen LogP contribution is 2.45. The van der Waals surface area contributed by atoms with Crippen molar-refractivity contribution in [1.82, 2.24) is 5.32 Å². The van der Waals surface area contributed by atoms with Crippen molar-refractivity contribution in [3.63, 3.8) is 0 Å². The Morgan fingerprint density at radius 2 is 2.26 bits per heavy atom. The van der Waals surface area contributed by atoms with Gasteiger partial charge in [0.1, 0.15) is 5.41 Å². The van der Waals surface area contributed by atoms with Gasteiger partial charge in [-0.1, -0.05) is 19.0 Å². The van der Waals surface area contributed by atoms with E-state index in [4.69, 9.17) is 10.9 Å². The molecule has 4 N–H and O–H groups in total. The molecule has 0 radical (unpaired) electrons. The van der Waals surface area contributed by atoms with Crippen molar-refractivity contribution in [3.8, 4) is 0 Å². The average molecular weight is 287 g/mol. The molecule has 1 unspecified atom stereocenters. The largest absolute Gasteiger partial charge is 0.409 e. The molecule has 0 spiro atoms. The van der Waals surface area contributed by atoms with E-state index in [1.165, 1.54) is 0 Å². The van der Waals surface area contributed by atoms with E-state index in [2.05, 4.69) is 24.3 Å². The third-order valence-electron chi connectivity index (χ3n) is 3.70. The molecule has 0 aliphatic heterocycles. The van der Waals surface area contributed by atoms with Gasteiger partial charge in [-0.25, -0.2) is 0 Å². The van der Waals surface area contributed by atoms with Crippen LogP contribution in [-0.2, 0) is 4.79 Å². The molecule has 1 fully saturated rings. The molecule has 0 aromatic rings. The van der Waals surface area contributed by atoms with Crippen molar-refractivity contribution in [2.45, 2.75) is 46.1 Å². The van der Waals surface area contributed by atoms with Crippen molar-refractivity contribution in [1.29, 1.82) is 0 Å². The molecule has 5 nitrogen and oxygen atoms in total. The highest BCUT2D eigenvalue weighted by molar-refractivity contribution is 7.99. The van der Waals surface area contributed by atoms with Crippen molar-refractivity contribution in [2.24, 2.45) is 22.2 Å². The van der Waals surface area contributed by atoms with E-state index in [-0.39, 0.29) is 17.8 Å². The van der Waals surface area contributed by atoms with Crippen LogP contribution in [0.1, 0.15) is 40.0 Å². The molecule has 1 amide bonds. The maximum absolute atomic E-state index is 12.3. The molecule has 19 heavy (non-hydrogen) atoms. The third-order valence-corrected chi connectivity index (χ3v) is 4.64. The summed E-state index contributed by atoms with van der Waals surface area (Å²) in [6.07, 6.45) is 2.25. The lowest BCUT2D eigenvalue weighted by Crippen LogP contribution is -2.58. The van der Waals surface area contributed by atoms with Crippen LogP contribution in [0.4, 0.5) is 0 Å². The molecular formula is C13H25N3O2S. The van der Waals surface area contributed by atoms with Crippen LogP contribution < -0.4 is 11.1 Å². The summed E-state index contributed by atoms with van der Waals surface area (Å²) in [6, 6.07) is 0.117. The summed E-state index contributed by atoms with van der Waals surface area (Å²) < 4.78 is 0. The van der Waals surface area contributed by atoms with Gasteiger partial charge in [-0.3, -0.25) is 4.79 Å². The maximum atomic E-state index is 12.3. The normalized spacial score (nSPS) is 28.6. The van der Waals surface area contributed by atoms with Crippen molar-refractivity contribution >= 4 is 23.5 Å². The van der Waals surface area contributed by atoms with Crippen molar-refractivity contribution in [3.05, 3.63) is 0 Å². The van der Waals surface area contributed by atoms with Gasteiger partial charge >= 0.3 is 0 Å². The SMILES string of the molecule is CCSCCC(C)NC(=O)C1(C(N)=NO)CC(C)C1. The first-order valence-corrected chi connectivity index (χ1v) is 7.98. The van der Waals surface area contributed by atoms with Crippen LogP contribution in [-0.4, -0.2) is 34.5 Å². The molecule has 110 valence electrons. The molecule has 1 aliphatic rings. The quantitative estimate of drug-likeness (QED) is 0.219. The number of nitrogens with zero attached hydrogens (tertiary/aromatic N) is 1. The summed E-state index contributed by atoms with van der Waals surface area (Å²) in [4.78, 5) is 12.3. The predicted molar refractivity (Wildman–Crippen MR) is 79.5 cm³/mol. The number of carbonyl (C=O) groups excluding carboxylic acids is 1. The lowest BCUT2D eigenvalue weighted by molar-refractivity contribution is -0.133. The molecule has 0 bridgehead atoms. The third kappa shape index (κ3) is 3.78. The molecule has 0 heterocycles. The predicted octanol–water partition coefficient (Wildman–Crippen LogP) is 1.80. The van der Waals surface area contributed by atoms with Crippen LogP contribution in [0, 0.1) is 11.3 Å². The zero-order chi connectivity index (χ0) is 14.5. The number of nitrogens with two attached hydrogens (primary N) is 1. The number of amidine groups is 1. The fourth-order valence-electron chi connectivity index (χ4n) is 2.58. The minimum Gasteiger partial charge on any atom is -0.409 e. The van der Waals surface area contributed by atoms with Crippen LogP contribution >= 0.6 is 11.8 Å². The Morgan fingerprint density at radius 3 is 2.74 bits per heavy atom. The van der Waals surface area contributed by atoms with E-state index in [1.807, 2.05) is 18.7 Å². The van der Waals surface area contributed by atoms with E-state index in [0.29, 0.717) is 18.8 Å². The molecule has 1 aliphatic carbocycles. The van der Waals surface area contributed by atoms with E-state index >= 15 is 0 Å². The van der Waals surface area contributed by atoms with Gasteiger partial charge in [0.25, 0.3) is 0 Å². The molecule has 1 rings (SSSR count). The number of hydrogen-bond donors (Lipinski definition) is 3. The average Bonchev–Trinajstić information content (AvgIpc) is 2.33. The number of amides is 1. The maximum Gasteiger partial charge on any atom is 0.234 e. The molecule has 0 saturated heterocycles. The van der Waals surface area contributed by atoms with Gasteiger partial charge in [-0.05, 0) is 43.6 Å². The number of thioether (sulfide) groups is 1. The lowest BCUT2D eigenvalue weighted by Gasteiger charge is -2.44. The van der Waals surface area contributed by atoms with Crippen LogP contribution in [0.3, 0.4) is 0 Å². The second kappa shape index (κ2) is 7.03. The van der Waals surface area contributed by atoms with Crippen molar-refractivity contribution < 1.29 is 10.0 Å². The van der Waals surface area contributed by atoms with E-state index in [1.54, 1.807) is 0 Å². The van der Waals surface area contributed by atoms with Gasteiger partial charge < -0.3 is 16.3 Å². The molecule has 1 atom stereocenters. The lowest BCUT2D eigenvalue weighted by atomic mass is 9.61. The Morgan fingerprint density at radius 1 is 1.63 bits per heavy atom. The number of nitrogens with one attached hydrogen (secondary N) is 1. The summed E-state index contributed by atoms with van der Waals surface area (Å²) in [5.41, 5.74) is 4.92. The molecule has 1 saturated carbocycles. The second-order valence-electron chi connectivity index (χ2n) is 5.44. The summed E-state index contributed by atoms with van der Waals surface area (Å²) >= 11 is 1.86. The van der Waals surface area contributed by atoms with Crippen LogP contribution in [0.25, 0.3) is 0 Å². The van der Waals surface area contributed by atoms with Gasteiger partial charge in [0.15, 0.2) is 5.84 Å². The summed E-state index contributed by atoms with van der Waals surface area (Å²) in [5.74, 6) is 2.50. The fraction of sp³-hybridized carbons (Fsp3) is 0.846. The molecule has 6 heteroatoms. The first kappa shape index (κ1) is 16.1. The van der Waals surface area contributed by atoms with Crippen LogP contribution in [0.15, 0.2) is 5.16 Å². The highest BCUT2D eigenvalue weighted by Gasteiger charge is 2.52. The standard InChI is InChI=1S/C13H25N3O2S/c1-4-19-6-5-10(3)15-12(17)13(11(14)16-18)7-9(2)8-13/h9-10,18H,4-8H2,1-3H3,(H2,14,16)(H,15,17). The van der Waals surface area contributed by atoms with Crippen LogP contribution in [0.2, 0.25) is 0 Å². The Labute approximate surface area is 119 Å². The zero-order valence-electron chi connectivity index (χ0n) is 12.0. The van der Waals surface area contributed by atoms with Crippen molar-refractivity contribution in [2.75, 3.05) is 11.5 Å². The fourth-order valence-corrected chi connectivity index (χ4v) is 3.38.